The first-order chi connectivity index (χ1) is 10.0. The Morgan fingerprint density at radius 2 is 1.62 bits per heavy atom. The van der Waals surface area contributed by atoms with Gasteiger partial charge in [0.05, 0.1) is 6.04 Å². The molecule has 0 saturated carbocycles. The van der Waals surface area contributed by atoms with Crippen LogP contribution in [0.5, 0.6) is 0 Å². The SMILES string of the molecule is CC[C@H](NC(=O)c1ccc(C)cc1C)c1ccc(C)cc1. The van der Waals surface area contributed by atoms with E-state index in [9.17, 15) is 4.79 Å². The zero-order valence-corrected chi connectivity index (χ0v) is 13.2. The van der Waals surface area contributed by atoms with Crippen LogP contribution in [0, 0.1) is 20.8 Å². The normalized spacial score (nSPS) is 12.0. The van der Waals surface area contributed by atoms with Crippen LogP contribution in [0.1, 0.15) is 52.0 Å². The number of hydrogen-bond donors (Lipinski definition) is 1. The maximum Gasteiger partial charge on any atom is 0.252 e. The van der Waals surface area contributed by atoms with Crippen LogP contribution in [0.15, 0.2) is 42.5 Å². The number of aryl methyl sites for hydroxylation is 3. The molecule has 1 amide bonds. The second-order valence-electron chi connectivity index (χ2n) is 5.66. The molecule has 2 rings (SSSR count). The highest BCUT2D eigenvalue weighted by atomic mass is 16.1. The summed E-state index contributed by atoms with van der Waals surface area (Å²) < 4.78 is 0. The van der Waals surface area contributed by atoms with E-state index in [1.54, 1.807) is 0 Å². The van der Waals surface area contributed by atoms with Crippen molar-refractivity contribution in [3.8, 4) is 0 Å². The Hall–Kier alpha value is -2.09. The standard InChI is InChI=1S/C19H23NO/c1-5-18(16-9-6-13(2)7-10-16)20-19(21)17-11-8-14(3)12-15(17)4/h6-12,18H,5H2,1-4H3,(H,20,21)/t18-/m0/s1. The molecule has 0 aromatic heterocycles. The largest absolute Gasteiger partial charge is 0.345 e. The van der Waals surface area contributed by atoms with E-state index in [1.807, 2.05) is 32.0 Å². The molecule has 1 N–H and O–H groups in total. The van der Waals surface area contributed by atoms with E-state index in [-0.39, 0.29) is 11.9 Å². The summed E-state index contributed by atoms with van der Waals surface area (Å²) in [4.78, 5) is 12.5. The average Bonchev–Trinajstić information content (AvgIpc) is 2.45. The fraction of sp³-hybridized carbons (Fsp3) is 0.316. The van der Waals surface area contributed by atoms with Gasteiger partial charge >= 0.3 is 0 Å². The van der Waals surface area contributed by atoms with Gasteiger partial charge in [-0.1, -0.05) is 54.4 Å². The third kappa shape index (κ3) is 3.72. The predicted octanol–water partition coefficient (Wildman–Crippen LogP) is 4.49. The molecule has 0 saturated heterocycles. The highest BCUT2D eigenvalue weighted by Crippen LogP contribution is 2.19. The lowest BCUT2D eigenvalue weighted by molar-refractivity contribution is 0.0935. The second kappa shape index (κ2) is 6.57. The van der Waals surface area contributed by atoms with E-state index < -0.39 is 0 Å². The first-order valence-electron chi connectivity index (χ1n) is 7.46. The zero-order chi connectivity index (χ0) is 15.4. The Labute approximate surface area is 127 Å². The quantitative estimate of drug-likeness (QED) is 0.878. The van der Waals surface area contributed by atoms with Gasteiger partial charge in [0.25, 0.3) is 5.91 Å². The summed E-state index contributed by atoms with van der Waals surface area (Å²) in [5.74, 6) is -0.0000694. The number of carbonyl (C=O) groups excluding carboxylic acids is 1. The van der Waals surface area contributed by atoms with Crippen molar-refractivity contribution in [1.82, 2.24) is 5.32 Å². The van der Waals surface area contributed by atoms with E-state index in [2.05, 4.69) is 43.4 Å². The van der Waals surface area contributed by atoms with Gasteiger partial charge in [-0.2, -0.15) is 0 Å². The lowest BCUT2D eigenvalue weighted by Gasteiger charge is -2.18. The van der Waals surface area contributed by atoms with E-state index in [1.165, 1.54) is 11.1 Å². The summed E-state index contributed by atoms with van der Waals surface area (Å²) in [6, 6.07) is 14.3. The first-order valence-corrected chi connectivity index (χ1v) is 7.46. The van der Waals surface area contributed by atoms with Crippen molar-refractivity contribution in [1.29, 1.82) is 0 Å². The van der Waals surface area contributed by atoms with Crippen molar-refractivity contribution in [3.05, 3.63) is 70.3 Å². The van der Waals surface area contributed by atoms with Gasteiger partial charge in [-0.05, 0) is 44.4 Å². The Kier molecular flexibility index (Phi) is 4.79. The molecule has 21 heavy (non-hydrogen) atoms. The van der Waals surface area contributed by atoms with Crippen molar-refractivity contribution >= 4 is 5.91 Å². The molecule has 0 spiro atoms. The van der Waals surface area contributed by atoms with Crippen LogP contribution in [0.3, 0.4) is 0 Å². The van der Waals surface area contributed by atoms with E-state index in [0.717, 1.165) is 23.1 Å². The lowest BCUT2D eigenvalue weighted by Crippen LogP contribution is -2.28. The van der Waals surface area contributed by atoms with Crippen molar-refractivity contribution in [2.75, 3.05) is 0 Å². The molecule has 0 aliphatic heterocycles. The average molecular weight is 281 g/mol. The number of amides is 1. The maximum absolute atomic E-state index is 12.5. The fourth-order valence-corrected chi connectivity index (χ4v) is 2.52. The smallest absolute Gasteiger partial charge is 0.252 e. The zero-order valence-electron chi connectivity index (χ0n) is 13.2. The van der Waals surface area contributed by atoms with Crippen LogP contribution in [-0.4, -0.2) is 5.91 Å². The molecule has 110 valence electrons. The minimum absolute atomic E-state index is 0.0000694. The van der Waals surface area contributed by atoms with Crippen LogP contribution in [0.4, 0.5) is 0 Å². The minimum Gasteiger partial charge on any atom is -0.345 e. The van der Waals surface area contributed by atoms with Gasteiger partial charge in [0.1, 0.15) is 0 Å². The molecular weight excluding hydrogens is 258 g/mol. The topological polar surface area (TPSA) is 29.1 Å². The molecule has 0 aliphatic carbocycles. The van der Waals surface area contributed by atoms with Crippen LogP contribution in [0.25, 0.3) is 0 Å². The molecular formula is C19H23NO. The number of nitrogens with one attached hydrogen (secondary N) is 1. The molecule has 0 heterocycles. The molecule has 0 bridgehead atoms. The van der Waals surface area contributed by atoms with Gasteiger partial charge in [0, 0.05) is 5.56 Å². The molecule has 2 nitrogen and oxygen atoms in total. The van der Waals surface area contributed by atoms with Gasteiger partial charge < -0.3 is 5.32 Å². The predicted molar refractivity (Wildman–Crippen MR) is 87.6 cm³/mol. The third-order valence-electron chi connectivity index (χ3n) is 3.82. The number of benzene rings is 2. The third-order valence-corrected chi connectivity index (χ3v) is 3.82. The summed E-state index contributed by atoms with van der Waals surface area (Å²) in [7, 11) is 0. The van der Waals surface area contributed by atoms with Crippen LogP contribution in [-0.2, 0) is 0 Å². The molecule has 0 aliphatic rings. The van der Waals surface area contributed by atoms with E-state index >= 15 is 0 Å². The number of rotatable bonds is 4. The molecule has 1 atom stereocenters. The van der Waals surface area contributed by atoms with E-state index in [4.69, 9.17) is 0 Å². The van der Waals surface area contributed by atoms with Crippen molar-refractivity contribution in [2.45, 2.75) is 40.2 Å². The molecule has 2 aromatic rings. The van der Waals surface area contributed by atoms with Gasteiger partial charge in [-0.25, -0.2) is 0 Å². The van der Waals surface area contributed by atoms with Crippen molar-refractivity contribution in [3.63, 3.8) is 0 Å². The van der Waals surface area contributed by atoms with Crippen molar-refractivity contribution < 1.29 is 4.79 Å². The summed E-state index contributed by atoms with van der Waals surface area (Å²) in [5.41, 5.74) is 5.34. The maximum atomic E-state index is 12.5. The van der Waals surface area contributed by atoms with Crippen molar-refractivity contribution in [2.24, 2.45) is 0 Å². The highest BCUT2D eigenvalue weighted by Gasteiger charge is 2.15. The highest BCUT2D eigenvalue weighted by molar-refractivity contribution is 5.95. The molecule has 0 radical (unpaired) electrons. The Morgan fingerprint density at radius 1 is 1.00 bits per heavy atom. The lowest BCUT2D eigenvalue weighted by atomic mass is 10.0. The number of hydrogen-bond acceptors (Lipinski definition) is 1. The summed E-state index contributed by atoms with van der Waals surface area (Å²) >= 11 is 0. The van der Waals surface area contributed by atoms with Crippen LogP contribution >= 0.6 is 0 Å². The van der Waals surface area contributed by atoms with E-state index in [0.29, 0.717) is 0 Å². The number of carbonyl (C=O) groups is 1. The van der Waals surface area contributed by atoms with Crippen LogP contribution in [0.2, 0.25) is 0 Å². The summed E-state index contributed by atoms with van der Waals surface area (Å²) in [6.45, 7) is 8.18. The molecule has 2 heteroatoms. The molecule has 0 unspecified atom stereocenters. The second-order valence-corrected chi connectivity index (χ2v) is 5.66. The molecule has 2 aromatic carbocycles. The molecule has 0 fully saturated rings. The van der Waals surface area contributed by atoms with Crippen LogP contribution < -0.4 is 5.32 Å². The van der Waals surface area contributed by atoms with Gasteiger partial charge in [-0.15, -0.1) is 0 Å². The minimum atomic E-state index is -0.0000694. The Balaban J connectivity index is 2.18. The summed E-state index contributed by atoms with van der Waals surface area (Å²) in [5, 5.41) is 3.14. The Bertz CT molecular complexity index is 629. The summed E-state index contributed by atoms with van der Waals surface area (Å²) in [6.07, 6.45) is 0.875. The van der Waals surface area contributed by atoms with Gasteiger partial charge in [0.15, 0.2) is 0 Å². The fourth-order valence-electron chi connectivity index (χ4n) is 2.52. The Morgan fingerprint density at radius 3 is 2.19 bits per heavy atom. The monoisotopic (exact) mass is 281 g/mol. The van der Waals surface area contributed by atoms with Gasteiger partial charge in [0.2, 0.25) is 0 Å². The first kappa shape index (κ1) is 15.3. The van der Waals surface area contributed by atoms with Gasteiger partial charge in [-0.3, -0.25) is 4.79 Å².